The fourth-order valence-corrected chi connectivity index (χ4v) is 7.70. The van der Waals surface area contributed by atoms with E-state index in [9.17, 15) is 22.4 Å². The van der Waals surface area contributed by atoms with Gasteiger partial charge in [-0.2, -0.15) is 0 Å². The summed E-state index contributed by atoms with van der Waals surface area (Å²) in [6, 6.07) is 26.2. The minimum atomic E-state index is -4.38. The molecule has 2 amide bonds. The van der Waals surface area contributed by atoms with Gasteiger partial charge in [0.1, 0.15) is 24.2 Å². The van der Waals surface area contributed by atoms with Crippen molar-refractivity contribution in [2.75, 3.05) is 17.5 Å². The number of carbonyl (C=O) groups excluding carboxylic acids is 2. The van der Waals surface area contributed by atoms with Crippen molar-refractivity contribution in [1.29, 1.82) is 0 Å². The van der Waals surface area contributed by atoms with Gasteiger partial charge < -0.3 is 15.0 Å². The Kier molecular flexibility index (Phi) is 12.3. The molecule has 0 bridgehead atoms. The third kappa shape index (κ3) is 9.61. The van der Waals surface area contributed by atoms with E-state index in [2.05, 4.69) is 5.32 Å². The maximum Gasteiger partial charge on any atom is 0.264 e. The zero-order chi connectivity index (χ0) is 34.8. The first-order valence-electron chi connectivity index (χ1n) is 16.5. The predicted molar refractivity (Wildman–Crippen MR) is 189 cm³/mol. The van der Waals surface area contributed by atoms with Gasteiger partial charge in [-0.15, -0.1) is 0 Å². The van der Waals surface area contributed by atoms with Crippen LogP contribution in [0.4, 0.5) is 10.1 Å². The highest BCUT2D eigenvalue weighted by atomic mass is 35.5. The molecule has 0 spiro atoms. The molecule has 0 aliphatic heterocycles. The molecule has 0 radical (unpaired) electrons. The fraction of sp³-hybridized carbons (Fsp3) is 0.316. The average molecular weight is 706 g/mol. The van der Waals surface area contributed by atoms with Crippen LogP contribution in [0.15, 0.2) is 108 Å². The van der Waals surface area contributed by atoms with Crippen LogP contribution < -0.4 is 14.4 Å². The van der Waals surface area contributed by atoms with E-state index < -0.39 is 34.3 Å². The highest BCUT2D eigenvalue weighted by Crippen LogP contribution is 2.28. The Hall–Kier alpha value is -4.41. The number of nitrogens with zero attached hydrogens (tertiary/aromatic N) is 2. The number of sulfonamides is 1. The van der Waals surface area contributed by atoms with Gasteiger partial charge in [-0.05, 0) is 91.6 Å². The summed E-state index contributed by atoms with van der Waals surface area (Å²) < 4.78 is 48.7. The Morgan fingerprint density at radius 2 is 1.57 bits per heavy atom. The maximum absolute atomic E-state index is 14.7. The summed E-state index contributed by atoms with van der Waals surface area (Å²) in [4.78, 5) is 30.1. The van der Waals surface area contributed by atoms with E-state index in [0.717, 1.165) is 66.2 Å². The number of anilines is 1. The molecular weight excluding hydrogens is 665 g/mol. The number of benzene rings is 4. The molecule has 1 aliphatic carbocycles. The van der Waals surface area contributed by atoms with E-state index >= 15 is 0 Å². The van der Waals surface area contributed by atoms with Crippen LogP contribution in [-0.2, 0) is 32.6 Å². The summed E-state index contributed by atoms with van der Waals surface area (Å²) in [7, 11) is -4.38. The third-order valence-corrected chi connectivity index (χ3v) is 10.6. The Morgan fingerprint density at radius 3 is 2.22 bits per heavy atom. The van der Waals surface area contributed by atoms with Crippen LogP contribution in [0.2, 0.25) is 5.02 Å². The summed E-state index contributed by atoms with van der Waals surface area (Å²) in [6.45, 7) is 1.63. The van der Waals surface area contributed by atoms with Crippen molar-refractivity contribution in [2.45, 2.75) is 69.0 Å². The number of hydrogen-bond acceptors (Lipinski definition) is 5. The van der Waals surface area contributed by atoms with Gasteiger partial charge in [-0.25, -0.2) is 12.8 Å². The molecule has 0 saturated heterocycles. The zero-order valence-electron chi connectivity index (χ0n) is 27.4. The van der Waals surface area contributed by atoms with E-state index in [0.29, 0.717) is 22.9 Å². The molecule has 1 fully saturated rings. The number of carbonyl (C=O) groups is 2. The molecule has 4 aromatic carbocycles. The quantitative estimate of drug-likeness (QED) is 0.150. The molecule has 0 heterocycles. The Balaban J connectivity index is 1.56. The van der Waals surface area contributed by atoms with Crippen LogP contribution in [0.5, 0.6) is 5.75 Å². The topological polar surface area (TPSA) is 96.0 Å². The van der Waals surface area contributed by atoms with Crippen molar-refractivity contribution in [3.8, 4) is 5.75 Å². The van der Waals surface area contributed by atoms with Crippen LogP contribution in [0, 0.1) is 5.82 Å². The van der Waals surface area contributed by atoms with E-state index in [1.165, 1.54) is 4.90 Å². The first-order valence-corrected chi connectivity index (χ1v) is 18.3. The molecule has 5 rings (SSSR count). The van der Waals surface area contributed by atoms with Gasteiger partial charge in [0.05, 0.1) is 17.2 Å². The number of ether oxygens (including phenoxy) is 1. The van der Waals surface area contributed by atoms with Crippen LogP contribution in [0.3, 0.4) is 0 Å². The van der Waals surface area contributed by atoms with Crippen molar-refractivity contribution in [3.05, 3.63) is 125 Å². The van der Waals surface area contributed by atoms with Crippen LogP contribution in [0.1, 0.15) is 50.2 Å². The highest BCUT2D eigenvalue weighted by molar-refractivity contribution is 7.92. The van der Waals surface area contributed by atoms with Gasteiger partial charge in [-0.1, -0.05) is 73.3 Å². The van der Waals surface area contributed by atoms with E-state index in [-0.39, 0.29) is 35.5 Å². The number of rotatable bonds is 14. The maximum atomic E-state index is 14.7. The minimum Gasteiger partial charge on any atom is -0.494 e. The predicted octanol–water partition coefficient (Wildman–Crippen LogP) is 7.16. The lowest BCUT2D eigenvalue weighted by atomic mass is 9.94. The number of hydrogen-bond donors (Lipinski definition) is 1. The molecule has 4 aromatic rings. The van der Waals surface area contributed by atoms with Crippen LogP contribution in [0.25, 0.3) is 0 Å². The highest BCUT2D eigenvalue weighted by Gasteiger charge is 2.35. The number of nitrogens with one attached hydrogen (secondary N) is 1. The summed E-state index contributed by atoms with van der Waals surface area (Å²) in [5.74, 6) is -0.968. The number of amides is 2. The SMILES string of the molecule is CCOc1ccc(N(CC(=O)N(Cc2cccc(Cl)c2)[C@H](Cc2ccccc2)C(=O)NC2CCCCC2)S(=O)(=O)c2ccc(F)cc2)cc1. The molecule has 1 N–H and O–H groups in total. The molecule has 1 saturated carbocycles. The van der Waals surface area contributed by atoms with Crippen molar-refractivity contribution in [1.82, 2.24) is 10.2 Å². The van der Waals surface area contributed by atoms with Gasteiger partial charge in [0.15, 0.2) is 0 Å². The lowest BCUT2D eigenvalue weighted by Crippen LogP contribution is -2.55. The van der Waals surface area contributed by atoms with Crippen molar-refractivity contribution < 1.29 is 27.1 Å². The lowest BCUT2D eigenvalue weighted by Gasteiger charge is -2.35. The molecule has 8 nitrogen and oxygen atoms in total. The molecule has 0 unspecified atom stereocenters. The standard InChI is InChI=1S/C38H41ClFN3O5S/c1-2-48-34-20-18-33(19-21-34)43(49(46,47)35-22-16-31(40)17-23-35)27-37(44)42(26-29-12-9-13-30(39)24-29)36(25-28-10-5-3-6-11-28)38(45)41-32-14-7-4-8-15-32/h3,5-6,9-13,16-24,32,36H,2,4,7-8,14-15,25-27H2,1H3,(H,41,45)/t36-/m1/s1. The second-order valence-corrected chi connectivity index (χ2v) is 14.4. The molecular formula is C38H41ClFN3O5S. The number of halogens is 2. The normalized spacial score (nSPS) is 14.1. The molecule has 49 heavy (non-hydrogen) atoms. The summed E-state index contributed by atoms with van der Waals surface area (Å²) in [6.07, 6.45) is 5.05. The average Bonchev–Trinajstić information content (AvgIpc) is 3.10. The Labute approximate surface area is 292 Å². The summed E-state index contributed by atoms with van der Waals surface area (Å²) in [5, 5.41) is 3.66. The zero-order valence-corrected chi connectivity index (χ0v) is 29.0. The summed E-state index contributed by atoms with van der Waals surface area (Å²) in [5.41, 5.74) is 1.73. The van der Waals surface area contributed by atoms with Gasteiger partial charge >= 0.3 is 0 Å². The second kappa shape index (κ2) is 16.8. The van der Waals surface area contributed by atoms with Gasteiger partial charge in [0, 0.05) is 24.0 Å². The van der Waals surface area contributed by atoms with Gasteiger partial charge in [0.25, 0.3) is 10.0 Å². The smallest absolute Gasteiger partial charge is 0.264 e. The van der Waals surface area contributed by atoms with Crippen LogP contribution >= 0.6 is 11.6 Å². The van der Waals surface area contributed by atoms with Crippen molar-refractivity contribution in [2.24, 2.45) is 0 Å². The Bertz CT molecular complexity index is 1800. The largest absolute Gasteiger partial charge is 0.494 e. The first kappa shape index (κ1) is 35.9. The Morgan fingerprint density at radius 1 is 0.898 bits per heavy atom. The van der Waals surface area contributed by atoms with Gasteiger partial charge in [-0.3, -0.25) is 13.9 Å². The summed E-state index contributed by atoms with van der Waals surface area (Å²) >= 11 is 6.34. The van der Waals surface area contributed by atoms with Gasteiger partial charge in [0.2, 0.25) is 11.8 Å². The monoisotopic (exact) mass is 705 g/mol. The fourth-order valence-electron chi connectivity index (χ4n) is 6.07. The van der Waals surface area contributed by atoms with E-state index in [1.54, 1.807) is 42.5 Å². The van der Waals surface area contributed by atoms with Crippen LogP contribution in [-0.4, -0.2) is 50.4 Å². The molecule has 11 heteroatoms. The lowest BCUT2D eigenvalue weighted by molar-refractivity contribution is -0.140. The molecule has 258 valence electrons. The molecule has 1 atom stereocenters. The molecule has 0 aromatic heterocycles. The minimum absolute atomic E-state index is 0.00267. The first-order chi connectivity index (χ1) is 23.6. The van der Waals surface area contributed by atoms with Crippen molar-refractivity contribution in [3.63, 3.8) is 0 Å². The van der Waals surface area contributed by atoms with Crippen molar-refractivity contribution >= 4 is 39.1 Å². The third-order valence-electron chi connectivity index (χ3n) is 8.58. The second-order valence-electron chi connectivity index (χ2n) is 12.1. The van der Waals surface area contributed by atoms with E-state index in [1.807, 2.05) is 43.3 Å². The molecule has 1 aliphatic rings. The van der Waals surface area contributed by atoms with E-state index in [4.69, 9.17) is 16.3 Å².